The van der Waals surface area contributed by atoms with Crippen LogP contribution in [0.1, 0.15) is 22.4 Å². The second-order valence-electron chi connectivity index (χ2n) is 8.05. The van der Waals surface area contributed by atoms with E-state index in [4.69, 9.17) is 23.2 Å². The van der Waals surface area contributed by atoms with E-state index in [1.54, 1.807) is 6.07 Å². The lowest BCUT2D eigenvalue weighted by Gasteiger charge is -2.13. The van der Waals surface area contributed by atoms with Crippen LogP contribution in [0.2, 0.25) is 10.0 Å². The highest BCUT2D eigenvalue weighted by atomic mass is 35.5. The van der Waals surface area contributed by atoms with E-state index in [-0.39, 0.29) is 17.7 Å². The number of thioether (sulfide) groups is 1. The number of imide groups is 1. The number of fused-ring (bicyclic) bond motifs is 1. The summed E-state index contributed by atoms with van der Waals surface area (Å²) >= 11 is 13.6. The van der Waals surface area contributed by atoms with Crippen molar-refractivity contribution >= 4 is 63.1 Å². The molecule has 2 amide bonds. The summed E-state index contributed by atoms with van der Waals surface area (Å²) in [4.78, 5) is 27.5. The maximum Gasteiger partial charge on any atom is 0.293 e. The van der Waals surface area contributed by atoms with Crippen LogP contribution in [0.15, 0.2) is 77.7 Å². The molecular weight excluding hydrogens is 487 g/mol. The summed E-state index contributed by atoms with van der Waals surface area (Å²) in [7, 11) is 0. The molecule has 1 saturated heterocycles. The third-order valence-electron chi connectivity index (χ3n) is 6.00. The van der Waals surface area contributed by atoms with E-state index in [0.717, 1.165) is 45.0 Å². The van der Waals surface area contributed by atoms with Crippen LogP contribution >= 0.6 is 35.0 Å². The Morgan fingerprint density at radius 1 is 0.824 bits per heavy atom. The van der Waals surface area contributed by atoms with Crippen molar-refractivity contribution in [2.45, 2.75) is 20.0 Å². The first-order chi connectivity index (χ1) is 16.4. The molecule has 0 unspecified atom stereocenters. The van der Waals surface area contributed by atoms with Gasteiger partial charge in [0.05, 0.1) is 11.4 Å². The van der Waals surface area contributed by atoms with Gasteiger partial charge < -0.3 is 4.57 Å². The fraction of sp³-hybridized carbons (Fsp3) is 0.111. The number of hydrogen-bond donors (Lipinski definition) is 0. The number of nitrogens with zero attached hydrogens (tertiary/aromatic N) is 2. The van der Waals surface area contributed by atoms with E-state index in [1.165, 1.54) is 4.90 Å². The van der Waals surface area contributed by atoms with Gasteiger partial charge in [0, 0.05) is 38.8 Å². The van der Waals surface area contributed by atoms with E-state index >= 15 is 0 Å². The highest BCUT2D eigenvalue weighted by Crippen LogP contribution is 2.37. The first kappa shape index (κ1) is 22.8. The molecule has 0 bridgehead atoms. The SMILES string of the molecule is Cc1c(/C=C2\SC(=O)N(Cc3ccccc3Cl)C2=O)c2ccccc2n1Cc1ccccc1Cl. The van der Waals surface area contributed by atoms with Crippen LogP contribution in [0.3, 0.4) is 0 Å². The summed E-state index contributed by atoms with van der Waals surface area (Å²) in [6.07, 6.45) is 1.83. The Morgan fingerprint density at radius 2 is 1.41 bits per heavy atom. The number of para-hydroxylation sites is 1. The van der Waals surface area contributed by atoms with Gasteiger partial charge >= 0.3 is 0 Å². The van der Waals surface area contributed by atoms with Gasteiger partial charge in [-0.1, -0.05) is 77.8 Å². The van der Waals surface area contributed by atoms with Gasteiger partial charge in [0.25, 0.3) is 11.1 Å². The number of carbonyl (C=O) groups excluding carboxylic acids is 2. The van der Waals surface area contributed by atoms with Crippen LogP contribution in [0.4, 0.5) is 4.79 Å². The standard InChI is InChI=1S/C27H20Cl2N2O2S/c1-17-21(14-25-26(32)31(27(33)34-25)16-19-9-3-6-12-23(19)29)20-10-4-7-13-24(20)30(17)15-18-8-2-5-11-22(18)28/h2-14H,15-16H2,1H3/b25-14-. The molecule has 0 radical (unpaired) electrons. The van der Waals surface area contributed by atoms with Gasteiger partial charge in [-0.2, -0.15) is 0 Å². The van der Waals surface area contributed by atoms with Gasteiger partial charge in [-0.3, -0.25) is 14.5 Å². The number of hydrogen-bond acceptors (Lipinski definition) is 3. The van der Waals surface area contributed by atoms with Gasteiger partial charge in [0.15, 0.2) is 0 Å². The Hall–Kier alpha value is -2.99. The maximum absolute atomic E-state index is 13.2. The zero-order valence-corrected chi connectivity index (χ0v) is 20.6. The Bertz CT molecular complexity index is 1470. The normalized spacial score (nSPS) is 15.1. The zero-order chi connectivity index (χ0) is 23.8. The number of amides is 2. The van der Waals surface area contributed by atoms with Crippen LogP contribution in [-0.4, -0.2) is 20.6 Å². The quantitative estimate of drug-likeness (QED) is 0.262. The molecule has 170 valence electrons. The lowest BCUT2D eigenvalue weighted by Crippen LogP contribution is -2.27. The van der Waals surface area contributed by atoms with E-state index in [2.05, 4.69) is 10.6 Å². The Kier molecular flexibility index (Phi) is 6.26. The van der Waals surface area contributed by atoms with Crippen LogP contribution in [0.5, 0.6) is 0 Å². The van der Waals surface area contributed by atoms with Crippen LogP contribution in [0.25, 0.3) is 17.0 Å². The van der Waals surface area contributed by atoms with E-state index in [1.807, 2.05) is 73.7 Å². The molecule has 0 N–H and O–H groups in total. The van der Waals surface area contributed by atoms with Crippen molar-refractivity contribution in [1.29, 1.82) is 0 Å². The highest BCUT2D eigenvalue weighted by Gasteiger charge is 2.35. The molecule has 34 heavy (non-hydrogen) atoms. The molecule has 2 heterocycles. The molecule has 0 aliphatic carbocycles. The molecule has 1 aliphatic rings. The molecule has 1 aromatic heterocycles. The summed E-state index contributed by atoms with van der Waals surface area (Å²) in [6, 6.07) is 23.1. The molecule has 3 aromatic carbocycles. The third-order valence-corrected chi connectivity index (χ3v) is 7.65. The lowest BCUT2D eigenvalue weighted by atomic mass is 10.1. The first-order valence-electron chi connectivity index (χ1n) is 10.7. The van der Waals surface area contributed by atoms with Crippen LogP contribution < -0.4 is 0 Å². The predicted octanol–water partition coefficient (Wildman–Crippen LogP) is 7.54. The third kappa shape index (κ3) is 4.16. The number of carbonyl (C=O) groups is 2. The summed E-state index contributed by atoms with van der Waals surface area (Å²) in [5, 5.41) is 1.96. The topological polar surface area (TPSA) is 42.3 Å². The minimum absolute atomic E-state index is 0.148. The molecule has 4 nitrogen and oxygen atoms in total. The Labute approximate surface area is 211 Å². The van der Waals surface area contributed by atoms with E-state index in [9.17, 15) is 9.59 Å². The van der Waals surface area contributed by atoms with Crippen molar-refractivity contribution in [3.05, 3.63) is 110 Å². The van der Waals surface area contributed by atoms with Crippen molar-refractivity contribution in [2.75, 3.05) is 0 Å². The number of rotatable bonds is 5. The number of aromatic nitrogens is 1. The van der Waals surface area contributed by atoms with Crippen LogP contribution in [-0.2, 0) is 17.9 Å². The van der Waals surface area contributed by atoms with Crippen molar-refractivity contribution in [1.82, 2.24) is 9.47 Å². The lowest BCUT2D eigenvalue weighted by molar-refractivity contribution is -0.123. The Morgan fingerprint density at radius 3 is 2.09 bits per heavy atom. The molecule has 0 saturated carbocycles. The minimum atomic E-state index is -0.308. The fourth-order valence-corrected chi connectivity index (χ4v) is 5.42. The summed E-state index contributed by atoms with van der Waals surface area (Å²) in [5.74, 6) is -0.308. The molecule has 5 rings (SSSR count). The van der Waals surface area contributed by atoms with Crippen molar-refractivity contribution in [2.24, 2.45) is 0 Å². The average Bonchev–Trinajstić information content (AvgIpc) is 3.25. The van der Waals surface area contributed by atoms with Crippen molar-refractivity contribution in [3.8, 4) is 0 Å². The van der Waals surface area contributed by atoms with Crippen LogP contribution in [0, 0.1) is 6.92 Å². The monoisotopic (exact) mass is 506 g/mol. The zero-order valence-electron chi connectivity index (χ0n) is 18.3. The Balaban J connectivity index is 1.53. The molecular formula is C27H20Cl2N2O2S. The van der Waals surface area contributed by atoms with Crippen molar-refractivity contribution < 1.29 is 9.59 Å². The molecule has 4 aromatic rings. The molecule has 0 atom stereocenters. The minimum Gasteiger partial charge on any atom is -0.340 e. The maximum atomic E-state index is 13.2. The second-order valence-corrected chi connectivity index (χ2v) is 9.86. The molecule has 1 fully saturated rings. The predicted molar refractivity (Wildman–Crippen MR) is 140 cm³/mol. The molecule has 7 heteroatoms. The van der Waals surface area contributed by atoms with Gasteiger partial charge in [-0.05, 0) is 54.1 Å². The van der Waals surface area contributed by atoms with Gasteiger partial charge in [0.2, 0.25) is 0 Å². The first-order valence-corrected chi connectivity index (χ1v) is 12.3. The number of benzene rings is 3. The second kappa shape index (κ2) is 9.34. The summed E-state index contributed by atoms with van der Waals surface area (Å²) < 4.78 is 2.19. The smallest absolute Gasteiger partial charge is 0.293 e. The summed E-state index contributed by atoms with van der Waals surface area (Å²) in [6.45, 7) is 2.78. The fourth-order valence-electron chi connectivity index (χ4n) is 4.21. The number of halogens is 2. The van der Waals surface area contributed by atoms with Gasteiger partial charge in [-0.15, -0.1) is 0 Å². The molecule has 1 aliphatic heterocycles. The summed E-state index contributed by atoms with van der Waals surface area (Å²) in [5.41, 5.74) is 4.71. The van der Waals surface area contributed by atoms with Gasteiger partial charge in [-0.25, -0.2) is 0 Å². The molecule has 0 spiro atoms. The van der Waals surface area contributed by atoms with E-state index in [0.29, 0.717) is 21.5 Å². The average molecular weight is 507 g/mol. The van der Waals surface area contributed by atoms with Crippen molar-refractivity contribution in [3.63, 3.8) is 0 Å². The highest BCUT2D eigenvalue weighted by molar-refractivity contribution is 8.18. The van der Waals surface area contributed by atoms with Gasteiger partial charge in [0.1, 0.15) is 0 Å². The largest absolute Gasteiger partial charge is 0.340 e. The van der Waals surface area contributed by atoms with E-state index < -0.39 is 0 Å².